The van der Waals surface area contributed by atoms with E-state index in [1.165, 1.54) is 34.8 Å². The van der Waals surface area contributed by atoms with Crippen molar-refractivity contribution in [2.24, 2.45) is 0 Å². The maximum absolute atomic E-state index is 13.4. The summed E-state index contributed by atoms with van der Waals surface area (Å²) < 4.78 is 93.2. The summed E-state index contributed by atoms with van der Waals surface area (Å²) in [7, 11) is 0. The fraction of sp³-hybridized carbons (Fsp3) is 0.190. The van der Waals surface area contributed by atoms with E-state index in [4.69, 9.17) is 9.47 Å². The lowest BCUT2D eigenvalue weighted by Crippen LogP contribution is -2.32. The molecule has 0 saturated carbocycles. The summed E-state index contributed by atoms with van der Waals surface area (Å²) in [6.45, 7) is 7.57. The fourth-order valence-corrected chi connectivity index (χ4v) is 9.79. The summed E-state index contributed by atoms with van der Waals surface area (Å²) in [6, 6.07) is 12.8. The highest BCUT2D eigenvalue weighted by atomic mass is 32.1. The van der Waals surface area contributed by atoms with Crippen LogP contribution in [0.25, 0.3) is 44.2 Å². The van der Waals surface area contributed by atoms with Gasteiger partial charge in [-0.3, -0.25) is 19.2 Å². The number of allylic oxidation sites excluding steroid dienone is 2. The molecule has 2 aliphatic carbocycles. The molecular weight excluding hydrogens is 779 g/mol. The Kier molecular flexibility index (Phi) is 7.39. The molecule has 3 aromatic carbocycles. The van der Waals surface area contributed by atoms with Crippen molar-refractivity contribution in [1.29, 1.82) is 0 Å². The number of alkyl halides is 6. The Bertz CT molecular complexity index is 2570. The van der Waals surface area contributed by atoms with Gasteiger partial charge in [0.2, 0.25) is 23.1 Å². The fourth-order valence-electron chi connectivity index (χ4n) is 7.68. The highest BCUT2D eigenvalue weighted by Gasteiger charge is 2.43. The Balaban J connectivity index is 1.12. The van der Waals surface area contributed by atoms with Crippen LogP contribution in [0.4, 0.5) is 26.3 Å². The average Bonchev–Trinajstić information content (AvgIpc) is 3.83. The minimum absolute atomic E-state index is 0.00834. The molecule has 0 spiro atoms. The molecule has 0 amide bonds. The minimum atomic E-state index is -4.68. The van der Waals surface area contributed by atoms with Gasteiger partial charge < -0.3 is 9.47 Å². The molecule has 2 aliphatic heterocycles. The highest BCUT2D eigenvalue weighted by Crippen LogP contribution is 2.56. The van der Waals surface area contributed by atoms with Crippen LogP contribution in [0.1, 0.15) is 91.5 Å². The standard InChI is InChI=1S/C42H24F6O6S2/c1-39(2)29-15-28-30(16-27(29)37-31(53-39)13-19(55-37)11-25-21-7-5-17(41(43,44)45)9-23(21)33(49)35(25)51)40(3,4)54-32-14-20(56-38(28)32)12-26-22-8-6-18(42(46,47)48)10-24(22)34(50)36(26)52/h5-16H,1-4H3/b25-11-,26-12-. The van der Waals surface area contributed by atoms with Crippen LogP contribution in [0.5, 0.6) is 11.5 Å². The lowest BCUT2D eigenvalue weighted by Gasteiger charge is -2.38. The molecule has 0 fully saturated rings. The molecule has 56 heavy (non-hydrogen) atoms. The van der Waals surface area contributed by atoms with Crippen molar-refractivity contribution in [1.82, 2.24) is 0 Å². The van der Waals surface area contributed by atoms with Crippen molar-refractivity contribution in [2.45, 2.75) is 51.2 Å². The van der Waals surface area contributed by atoms with E-state index in [1.807, 2.05) is 39.8 Å². The van der Waals surface area contributed by atoms with Crippen molar-refractivity contribution >= 4 is 69.1 Å². The molecule has 6 nitrogen and oxygen atoms in total. The summed E-state index contributed by atoms with van der Waals surface area (Å²) in [6.07, 6.45) is -6.37. The summed E-state index contributed by atoms with van der Waals surface area (Å²) in [5, 5.41) is 0. The predicted octanol–water partition coefficient (Wildman–Crippen LogP) is 11.0. The van der Waals surface area contributed by atoms with E-state index < -0.39 is 57.8 Å². The lowest BCUT2D eigenvalue weighted by atomic mass is 9.81. The zero-order valence-corrected chi connectivity index (χ0v) is 31.1. The van der Waals surface area contributed by atoms with Crippen molar-refractivity contribution in [3.05, 3.63) is 115 Å². The highest BCUT2D eigenvalue weighted by molar-refractivity contribution is 7.17. The van der Waals surface area contributed by atoms with Crippen LogP contribution in [0, 0.1) is 0 Å². The third-order valence-corrected chi connectivity index (χ3v) is 12.5. The molecule has 9 rings (SSSR count). The maximum atomic E-state index is 13.4. The molecule has 0 radical (unpaired) electrons. The van der Waals surface area contributed by atoms with Gasteiger partial charge in [0.05, 0.1) is 20.9 Å². The van der Waals surface area contributed by atoms with Gasteiger partial charge in [0.1, 0.15) is 22.7 Å². The van der Waals surface area contributed by atoms with Crippen LogP contribution in [-0.4, -0.2) is 23.1 Å². The Morgan fingerprint density at radius 2 is 0.875 bits per heavy atom. The van der Waals surface area contributed by atoms with Gasteiger partial charge in [0.25, 0.3) is 0 Å². The zero-order chi connectivity index (χ0) is 40.0. The van der Waals surface area contributed by atoms with Crippen LogP contribution in [0.3, 0.4) is 0 Å². The third kappa shape index (κ3) is 5.36. The Morgan fingerprint density at radius 3 is 1.23 bits per heavy atom. The second-order valence-corrected chi connectivity index (χ2v) is 17.0. The first-order valence-corrected chi connectivity index (χ1v) is 18.7. The van der Waals surface area contributed by atoms with Crippen LogP contribution in [0.15, 0.2) is 60.7 Å². The van der Waals surface area contributed by atoms with Crippen LogP contribution in [-0.2, 0) is 33.1 Å². The SMILES string of the molecule is CC1(C)Oc2cc(/C=C3\C(=O)C(=O)c4cc(C(F)(F)F)ccc43)sc2-c2cc3c(cc21)-c1sc(/C=C2\C(=O)C(=O)c4cc(C(F)(F)F)ccc42)cc1OC3(C)C. The summed E-state index contributed by atoms with van der Waals surface area (Å²) in [5.74, 6) is -2.77. The number of halogens is 6. The Hall–Kier alpha value is -5.60. The quantitative estimate of drug-likeness (QED) is 0.100. The monoisotopic (exact) mass is 802 g/mol. The maximum Gasteiger partial charge on any atom is 0.416 e. The molecule has 0 unspecified atom stereocenters. The van der Waals surface area contributed by atoms with E-state index in [-0.39, 0.29) is 33.4 Å². The zero-order valence-electron chi connectivity index (χ0n) is 29.5. The molecule has 5 aromatic rings. The molecule has 14 heteroatoms. The first kappa shape index (κ1) is 36.1. The van der Waals surface area contributed by atoms with Gasteiger partial charge in [0, 0.05) is 54.3 Å². The van der Waals surface area contributed by atoms with Crippen molar-refractivity contribution in [3.63, 3.8) is 0 Å². The predicted molar refractivity (Wildman–Crippen MR) is 198 cm³/mol. The second kappa shape index (κ2) is 11.5. The van der Waals surface area contributed by atoms with Crippen molar-refractivity contribution in [2.75, 3.05) is 0 Å². The van der Waals surface area contributed by atoms with Crippen LogP contribution >= 0.6 is 22.7 Å². The van der Waals surface area contributed by atoms with Crippen molar-refractivity contribution in [3.8, 4) is 32.4 Å². The van der Waals surface area contributed by atoms with Gasteiger partial charge in [-0.1, -0.05) is 12.1 Å². The smallest absolute Gasteiger partial charge is 0.416 e. The molecule has 0 N–H and O–H groups in total. The lowest BCUT2D eigenvalue weighted by molar-refractivity contribution is -0.138. The normalized spacial score (nSPS) is 19.0. The van der Waals surface area contributed by atoms with Gasteiger partial charge in [-0.2, -0.15) is 26.3 Å². The summed E-state index contributed by atoms with van der Waals surface area (Å²) >= 11 is 2.59. The number of hydrogen-bond acceptors (Lipinski definition) is 8. The number of hydrogen-bond donors (Lipinski definition) is 0. The third-order valence-electron chi connectivity index (χ3n) is 10.3. The molecule has 2 aromatic heterocycles. The number of benzene rings is 3. The number of thiophene rings is 2. The van der Waals surface area contributed by atoms with E-state index in [0.717, 1.165) is 56.3 Å². The molecule has 0 bridgehead atoms. The number of ether oxygens (including phenoxy) is 2. The first-order chi connectivity index (χ1) is 26.1. The van der Waals surface area contributed by atoms with Gasteiger partial charge in [0.15, 0.2) is 0 Å². The van der Waals surface area contributed by atoms with Crippen LogP contribution < -0.4 is 9.47 Å². The topological polar surface area (TPSA) is 86.7 Å². The van der Waals surface area contributed by atoms with E-state index in [0.29, 0.717) is 33.4 Å². The number of ketones is 4. The minimum Gasteiger partial charge on any atom is -0.482 e. The molecule has 4 aliphatic rings. The number of fused-ring (bicyclic) bond motifs is 8. The number of Topliss-reactive ketones (excluding diaryl/α,β-unsaturated/α-hetero) is 4. The van der Waals surface area contributed by atoms with E-state index >= 15 is 0 Å². The molecular formula is C42H24F6O6S2. The number of rotatable bonds is 2. The van der Waals surface area contributed by atoms with E-state index in [9.17, 15) is 45.5 Å². The Morgan fingerprint density at radius 1 is 0.500 bits per heavy atom. The van der Waals surface area contributed by atoms with Gasteiger partial charge >= 0.3 is 12.4 Å². The molecule has 0 atom stereocenters. The van der Waals surface area contributed by atoms with Gasteiger partial charge in [-0.15, -0.1) is 22.7 Å². The second-order valence-electron chi connectivity index (χ2n) is 14.8. The Labute approximate surface area is 321 Å². The van der Waals surface area contributed by atoms with Gasteiger partial charge in [-0.05, 0) is 99.5 Å². The van der Waals surface area contributed by atoms with Crippen molar-refractivity contribution < 1.29 is 55.0 Å². The summed E-state index contributed by atoms with van der Waals surface area (Å²) in [5.41, 5.74) is -0.838. The number of carbonyl (C=O) groups excluding carboxylic acids is 4. The first-order valence-electron chi connectivity index (χ1n) is 17.0. The largest absolute Gasteiger partial charge is 0.482 e. The van der Waals surface area contributed by atoms with E-state index in [2.05, 4.69) is 0 Å². The number of carbonyl (C=O) groups is 4. The summed E-state index contributed by atoms with van der Waals surface area (Å²) in [4.78, 5) is 54.1. The average molecular weight is 803 g/mol. The van der Waals surface area contributed by atoms with Crippen LogP contribution in [0.2, 0.25) is 0 Å². The molecule has 4 heterocycles. The van der Waals surface area contributed by atoms with E-state index in [1.54, 1.807) is 12.1 Å². The molecule has 0 saturated heterocycles. The molecule has 282 valence electrons. The van der Waals surface area contributed by atoms with Gasteiger partial charge in [-0.25, -0.2) is 0 Å².